The molecule has 23 heavy (non-hydrogen) atoms. The molecule has 0 fully saturated rings. The third-order valence-corrected chi connectivity index (χ3v) is 4.21. The second-order valence-electron chi connectivity index (χ2n) is 7.83. The molecule has 0 aliphatic rings. The Morgan fingerprint density at radius 2 is 1.57 bits per heavy atom. The van der Waals surface area contributed by atoms with Gasteiger partial charge in [0.05, 0.1) is 0 Å². The van der Waals surface area contributed by atoms with Gasteiger partial charge in [-0.05, 0) is 46.6 Å². The molecule has 1 nitrogen and oxygen atoms in total. The topological polar surface area (TPSA) is 26.0 Å². The fraction of sp³-hybridized carbons (Fsp3) is 0.400. The van der Waals surface area contributed by atoms with Gasteiger partial charge in [-0.2, -0.15) is 0 Å². The first-order valence-corrected chi connectivity index (χ1v) is 7.86. The van der Waals surface area contributed by atoms with E-state index < -0.39 is 5.41 Å². The molecule has 2 aromatic carbocycles. The predicted molar refractivity (Wildman–Crippen MR) is 92.6 cm³/mol. The van der Waals surface area contributed by atoms with Crippen LogP contribution in [0.5, 0.6) is 0 Å². The summed E-state index contributed by atoms with van der Waals surface area (Å²) in [6, 6.07) is 10.0. The Hall–Kier alpha value is -1.90. The minimum Gasteiger partial charge on any atom is -0.398 e. The maximum Gasteiger partial charge on any atom is 0.129 e. The van der Waals surface area contributed by atoms with Crippen molar-refractivity contribution in [3.05, 3.63) is 64.7 Å². The van der Waals surface area contributed by atoms with Gasteiger partial charge in [-0.1, -0.05) is 52.8 Å². The van der Waals surface area contributed by atoms with Crippen LogP contribution in [0.25, 0.3) is 0 Å². The second kappa shape index (κ2) is 5.95. The summed E-state index contributed by atoms with van der Waals surface area (Å²) >= 11 is 0. The van der Waals surface area contributed by atoms with Crippen molar-refractivity contribution in [2.45, 2.75) is 51.9 Å². The Labute approximate surface area is 137 Å². The van der Waals surface area contributed by atoms with E-state index in [0.717, 1.165) is 5.56 Å². The minimum atomic E-state index is -0.523. The molecule has 0 aliphatic carbocycles. The molecular formula is C20H25F2N. The average molecular weight is 317 g/mol. The lowest BCUT2D eigenvalue weighted by atomic mass is 9.77. The summed E-state index contributed by atoms with van der Waals surface area (Å²) < 4.78 is 28.6. The molecule has 0 amide bonds. The van der Waals surface area contributed by atoms with Gasteiger partial charge in [-0.15, -0.1) is 0 Å². The minimum absolute atomic E-state index is 0.215. The number of nitrogens with two attached hydrogens (primary N) is 1. The monoisotopic (exact) mass is 317 g/mol. The van der Waals surface area contributed by atoms with E-state index in [2.05, 4.69) is 0 Å². The van der Waals surface area contributed by atoms with Crippen LogP contribution < -0.4 is 5.73 Å². The molecule has 0 saturated carbocycles. The van der Waals surface area contributed by atoms with Crippen molar-refractivity contribution in [3.63, 3.8) is 0 Å². The average Bonchev–Trinajstić information content (AvgIpc) is 2.35. The third-order valence-electron chi connectivity index (χ3n) is 4.21. The van der Waals surface area contributed by atoms with Crippen LogP contribution in [0.15, 0.2) is 36.4 Å². The summed E-state index contributed by atoms with van der Waals surface area (Å²) in [5.41, 5.74) is 7.63. The Balaban J connectivity index is 2.36. The molecule has 0 spiro atoms. The smallest absolute Gasteiger partial charge is 0.129 e. The van der Waals surface area contributed by atoms with E-state index in [1.807, 2.05) is 46.8 Å². The number of rotatable bonds is 3. The van der Waals surface area contributed by atoms with E-state index in [4.69, 9.17) is 5.73 Å². The van der Waals surface area contributed by atoms with Crippen LogP contribution in [0.2, 0.25) is 0 Å². The van der Waals surface area contributed by atoms with Crippen LogP contribution in [-0.2, 0) is 17.3 Å². The maximum atomic E-state index is 14.4. The van der Waals surface area contributed by atoms with Gasteiger partial charge >= 0.3 is 0 Å². The van der Waals surface area contributed by atoms with Crippen LogP contribution in [0.1, 0.15) is 51.3 Å². The standard InChI is InChI=1S/C20H25F2N/c1-19(2,3)14-10-9-13(11-16(14)22)12-20(4,5)18-15(21)7-6-8-17(18)23/h6-11H,12,23H2,1-5H3. The zero-order valence-corrected chi connectivity index (χ0v) is 14.5. The molecule has 0 aliphatic heterocycles. The molecule has 0 radical (unpaired) electrons. The fourth-order valence-corrected chi connectivity index (χ4v) is 3.13. The SMILES string of the molecule is CC(C)(C)c1ccc(CC(C)(C)c2c(N)cccc2F)cc1F. The van der Waals surface area contributed by atoms with Gasteiger partial charge in [-0.3, -0.25) is 0 Å². The molecule has 2 aromatic rings. The molecule has 0 bridgehead atoms. The Morgan fingerprint density at radius 1 is 0.913 bits per heavy atom. The Morgan fingerprint density at radius 3 is 2.09 bits per heavy atom. The number of hydrogen-bond donors (Lipinski definition) is 1. The van der Waals surface area contributed by atoms with Crippen LogP contribution in [0, 0.1) is 11.6 Å². The summed E-state index contributed by atoms with van der Waals surface area (Å²) in [5.74, 6) is -0.533. The Kier molecular flexibility index (Phi) is 4.52. The van der Waals surface area contributed by atoms with E-state index >= 15 is 0 Å². The number of nitrogen functional groups attached to an aromatic ring is 1. The molecular weight excluding hydrogens is 292 g/mol. The lowest BCUT2D eigenvalue weighted by Crippen LogP contribution is -2.24. The molecule has 0 atom stereocenters. The van der Waals surface area contributed by atoms with Crippen molar-refractivity contribution in [2.24, 2.45) is 0 Å². The van der Waals surface area contributed by atoms with E-state index in [0.29, 0.717) is 23.2 Å². The van der Waals surface area contributed by atoms with Gasteiger partial charge < -0.3 is 5.73 Å². The highest BCUT2D eigenvalue weighted by molar-refractivity contribution is 5.51. The molecule has 0 heterocycles. The maximum absolute atomic E-state index is 14.4. The van der Waals surface area contributed by atoms with Crippen molar-refractivity contribution in [1.29, 1.82) is 0 Å². The van der Waals surface area contributed by atoms with Crippen LogP contribution >= 0.6 is 0 Å². The van der Waals surface area contributed by atoms with Gasteiger partial charge in [0.25, 0.3) is 0 Å². The number of hydrogen-bond acceptors (Lipinski definition) is 1. The first-order chi connectivity index (χ1) is 10.5. The van der Waals surface area contributed by atoms with Crippen LogP contribution in [-0.4, -0.2) is 0 Å². The van der Waals surface area contributed by atoms with Gasteiger partial charge in [0.15, 0.2) is 0 Å². The van der Waals surface area contributed by atoms with Gasteiger partial charge in [0.1, 0.15) is 11.6 Å². The second-order valence-corrected chi connectivity index (χ2v) is 7.83. The summed E-state index contributed by atoms with van der Waals surface area (Å²) in [4.78, 5) is 0. The first kappa shape index (κ1) is 17.5. The zero-order chi connectivity index (χ0) is 17.4. The predicted octanol–water partition coefficient (Wildman–Crippen LogP) is 5.36. The van der Waals surface area contributed by atoms with Gasteiger partial charge in [0.2, 0.25) is 0 Å². The zero-order valence-electron chi connectivity index (χ0n) is 14.5. The summed E-state index contributed by atoms with van der Waals surface area (Å²) in [6.45, 7) is 9.80. The lowest BCUT2D eigenvalue weighted by Gasteiger charge is -2.28. The quantitative estimate of drug-likeness (QED) is 0.757. The summed E-state index contributed by atoms with van der Waals surface area (Å²) in [7, 11) is 0. The van der Waals surface area contributed by atoms with E-state index in [-0.39, 0.29) is 17.0 Å². The molecule has 0 unspecified atom stereocenters. The largest absolute Gasteiger partial charge is 0.398 e. The van der Waals surface area contributed by atoms with Crippen LogP contribution in [0.4, 0.5) is 14.5 Å². The van der Waals surface area contributed by atoms with Crippen molar-refractivity contribution in [2.75, 3.05) is 5.73 Å². The molecule has 2 N–H and O–H groups in total. The van der Waals surface area contributed by atoms with E-state index in [1.54, 1.807) is 18.2 Å². The van der Waals surface area contributed by atoms with Crippen molar-refractivity contribution in [3.8, 4) is 0 Å². The van der Waals surface area contributed by atoms with Crippen LogP contribution in [0.3, 0.4) is 0 Å². The fourth-order valence-electron chi connectivity index (χ4n) is 3.13. The molecule has 3 heteroatoms. The lowest BCUT2D eigenvalue weighted by molar-refractivity contribution is 0.479. The Bertz CT molecular complexity index is 692. The van der Waals surface area contributed by atoms with E-state index in [1.165, 1.54) is 6.07 Å². The number of benzene rings is 2. The highest BCUT2D eigenvalue weighted by atomic mass is 19.1. The van der Waals surface area contributed by atoms with E-state index in [9.17, 15) is 8.78 Å². The van der Waals surface area contributed by atoms with Gasteiger partial charge in [-0.25, -0.2) is 8.78 Å². The molecule has 124 valence electrons. The molecule has 0 aromatic heterocycles. The van der Waals surface area contributed by atoms with Crippen molar-refractivity contribution < 1.29 is 8.78 Å². The van der Waals surface area contributed by atoms with Crippen molar-refractivity contribution in [1.82, 2.24) is 0 Å². The third kappa shape index (κ3) is 3.72. The summed E-state index contributed by atoms with van der Waals surface area (Å²) in [6.07, 6.45) is 0.513. The van der Waals surface area contributed by atoms with Gasteiger partial charge in [0, 0.05) is 11.3 Å². The first-order valence-electron chi connectivity index (χ1n) is 7.86. The number of anilines is 1. The van der Waals surface area contributed by atoms with Crippen molar-refractivity contribution >= 4 is 5.69 Å². The highest BCUT2D eigenvalue weighted by Crippen LogP contribution is 2.34. The highest BCUT2D eigenvalue weighted by Gasteiger charge is 2.28. The summed E-state index contributed by atoms with van der Waals surface area (Å²) in [5, 5.41) is 0. The normalized spacial score (nSPS) is 12.5. The molecule has 0 saturated heterocycles. The number of halogens is 2. The molecule has 2 rings (SSSR count).